The Kier molecular flexibility index (Phi) is 4.49. The smallest absolute Gasteiger partial charge is 0.272 e. The van der Waals surface area contributed by atoms with E-state index in [9.17, 15) is 4.79 Å². The first-order valence-electron chi connectivity index (χ1n) is 5.60. The predicted octanol–water partition coefficient (Wildman–Crippen LogP) is 0.539. The molecule has 1 heterocycles. The molecule has 0 spiro atoms. The van der Waals surface area contributed by atoms with E-state index in [2.05, 4.69) is 5.10 Å². The first-order chi connectivity index (χ1) is 7.60. The normalized spacial score (nSPS) is 10.5. The second-order valence-electron chi connectivity index (χ2n) is 3.88. The van der Waals surface area contributed by atoms with Gasteiger partial charge in [-0.3, -0.25) is 9.48 Å². The number of carbonyl (C=O) groups is 1. The van der Waals surface area contributed by atoms with Gasteiger partial charge in [-0.15, -0.1) is 0 Å². The second kappa shape index (κ2) is 5.65. The average Bonchev–Trinajstić information content (AvgIpc) is 2.56. The van der Waals surface area contributed by atoms with E-state index >= 15 is 0 Å². The van der Waals surface area contributed by atoms with Crippen LogP contribution in [0, 0.1) is 6.92 Å². The van der Waals surface area contributed by atoms with E-state index in [0.29, 0.717) is 18.8 Å². The van der Waals surface area contributed by atoms with Crippen molar-refractivity contribution in [1.82, 2.24) is 14.7 Å². The third-order valence-corrected chi connectivity index (χ3v) is 2.40. The Hall–Kier alpha value is -1.36. The molecule has 16 heavy (non-hydrogen) atoms. The summed E-state index contributed by atoms with van der Waals surface area (Å²) in [7, 11) is 1.78. The van der Waals surface area contributed by atoms with E-state index in [-0.39, 0.29) is 5.91 Å². The molecule has 1 rings (SSSR count). The van der Waals surface area contributed by atoms with Gasteiger partial charge in [0.2, 0.25) is 0 Å². The molecule has 0 aliphatic carbocycles. The van der Waals surface area contributed by atoms with Crippen LogP contribution in [0.3, 0.4) is 0 Å². The summed E-state index contributed by atoms with van der Waals surface area (Å²) in [6.07, 6.45) is 0.933. The molecule has 90 valence electrons. The number of aromatic nitrogens is 2. The highest BCUT2D eigenvalue weighted by Gasteiger charge is 2.18. The van der Waals surface area contributed by atoms with Crippen molar-refractivity contribution in [3.63, 3.8) is 0 Å². The van der Waals surface area contributed by atoms with Crippen molar-refractivity contribution < 1.29 is 4.79 Å². The standard InChI is InChI=1S/C11H20N4O/c1-4-6-15(7-5-12)11(16)10-8-9(2)13-14(10)3/h8H,4-7,12H2,1-3H3. The van der Waals surface area contributed by atoms with Gasteiger partial charge in [-0.05, 0) is 19.4 Å². The van der Waals surface area contributed by atoms with Gasteiger partial charge < -0.3 is 10.6 Å². The minimum absolute atomic E-state index is 0.00963. The van der Waals surface area contributed by atoms with Gasteiger partial charge in [0.1, 0.15) is 5.69 Å². The maximum atomic E-state index is 12.2. The quantitative estimate of drug-likeness (QED) is 0.794. The van der Waals surface area contributed by atoms with Crippen molar-refractivity contribution in [2.45, 2.75) is 20.3 Å². The molecule has 2 N–H and O–H groups in total. The fourth-order valence-corrected chi connectivity index (χ4v) is 1.71. The summed E-state index contributed by atoms with van der Waals surface area (Å²) in [5.74, 6) is 0.00963. The van der Waals surface area contributed by atoms with Crippen molar-refractivity contribution in [2.75, 3.05) is 19.6 Å². The molecular formula is C11H20N4O. The maximum absolute atomic E-state index is 12.2. The van der Waals surface area contributed by atoms with Crippen molar-refractivity contribution in [1.29, 1.82) is 0 Å². The fourth-order valence-electron chi connectivity index (χ4n) is 1.71. The monoisotopic (exact) mass is 224 g/mol. The number of nitrogens with zero attached hydrogens (tertiary/aromatic N) is 3. The summed E-state index contributed by atoms with van der Waals surface area (Å²) >= 11 is 0. The molecule has 1 aromatic rings. The van der Waals surface area contributed by atoms with Crippen LogP contribution in [0.15, 0.2) is 6.07 Å². The molecule has 0 atom stereocenters. The van der Waals surface area contributed by atoms with E-state index in [4.69, 9.17) is 5.73 Å². The number of aryl methyl sites for hydroxylation is 2. The van der Waals surface area contributed by atoms with Crippen molar-refractivity contribution in [3.8, 4) is 0 Å². The van der Waals surface area contributed by atoms with Crippen LogP contribution in [0.1, 0.15) is 29.5 Å². The van der Waals surface area contributed by atoms with Gasteiger partial charge in [0, 0.05) is 26.7 Å². The van der Waals surface area contributed by atoms with Gasteiger partial charge in [-0.2, -0.15) is 5.10 Å². The number of amides is 1. The van der Waals surface area contributed by atoms with Crippen LogP contribution in [0.4, 0.5) is 0 Å². The zero-order chi connectivity index (χ0) is 12.1. The predicted molar refractivity (Wildman–Crippen MR) is 63.2 cm³/mol. The molecule has 0 fully saturated rings. The first-order valence-corrected chi connectivity index (χ1v) is 5.60. The summed E-state index contributed by atoms with van der Waals surface area (Å²) in [5.41, 5.74) is 6.98. The molecular weight excluding hydrogens is 204 g/mol. The Labute approximate surface area is 96.2 Å². The average molecular weight is 224 g/mol. The lowest BCUT2D eigenvalue weighted by atomic mass is 10.3. The molecule has 5 nitrogen and oxygen atoms in total. The Bertz CT molecular complexity index is 353. The van der Waals surface area contributed by atoms with E-state index < -0.39 is 0 Å². The molecule has 0 saturated heterocycles. The lowest BCUT2D eigenvalue weighted by molar-refractivity contribution is 0.0749. The highest BCUT2D eigenvalue weighted by Crippen LogP contribution is 2.06. The van der Waals surface area contributed by atoms with E-state index in [1.165, 1.54) is 0 Å². The van der Waals surface area contributed by atoms with Gasteiger partial charge in [0.15, 0.2) is 0 Å². The third kappa shape index (κ3) is 2.82. The Morgan fingerprint density at radius 2 is 2.25 bits per heavy atom. The molecule has 0 aromatic carbocycles. The lowest BCUT2D eigenvalue weighted by Gasteiger charge is -2.21. The minimum Gasteiger partial charge on any atom is -0.336 e. The van der Waals surface area contributed by atoms with Crippen LogP contribution >= 0.6 is 0 Å². The molecule has 1 aromatic heterocycles. The number of nitrogens with two attached hydrogens (primary N) is 1. The molecule has 1 amide bonds. The lowest BCUT2D eigenvalue weighted by Crippen LogP contribution is -2.36. The number of carbonyl (C=O) groups excluding carboxylic acids is 1. The first kappa shape index (κ1) is 12.7. The molecule has 5 heteroatoms. The topological polar surface area (TPSA) is 64.2 Å². The number of hydrogen-bond acceptors (Lipinski definition) is 3. The van der Waals surface area contributed by atoms with Gasteiger partial charge >= 0.3 is 0 Å². The summed E-state index contributed by atoms with van der Waals surface area (Å²) in [6, 6.07) is 1.81. The van der Waals surface area contributed by atoms with Crippen LogP contribution in [-0.2, 0) is 7.05 Å². The summed E-state index contributed by atoms with van der Waals surface area (Å²) in [4.78, 5) is 13.9. The highest BCUT2D eigenvalue weighted by atomic mass is 16.2. The molecule has 0 aliphatic rings. The Morgan fingerprint density at radius 1 is 1.56 bits per heavy atom. The summed E-state index contributed by atoms with van der Waals surface area (Å²) < 4.78 is 1.62. The second-order valence-corrected chi connectivity index (χ2v) is 3.88. The van der Waals surface area contributed by atoms with Crippen molar-refractivity contribution >= 4 is 5.91 Å². The van der Waals surface area contributed by atoms with E-state index in [1.54, 1.807) is 16.6 Å². The van der Waals surface area contributed by atoms with Crippen molar-refractivity contribution in [2.24, 2.45) is 12.8 Å². The van der Waals surface area contributed by atoms with Gasteiger partial charge in [0.05, 0.1) is 5.69 Å². The van der Waals surface area contributed by atoms with Crippen molar-refractivity contribution in [3.05, 3.63) is 17.5 Å². The molecule has 0 aliphatic heterocycles. The van der Waals surface area contributed by atoms with Crippen LogP contribution in [0.2, 0.25) is 0 Å². The largest absolute Gasteiger partial charge is 0.336 e. The number of hydrogen-bond donors (Lipinski definition) is 1. The highest BCUT2D eigenvalue weighted by molar-refractivity contribution is 5.92. The fraction of sp³-hybridized carbons (Fsp3) is 0.636. The Morgan fingerprint density at radius 3 is 2.69 bits per heavy atom. The van der Waals surface area contributed by atoms with Crippen LogP contribution in [0.5, 0.6) is 0 Å². The molecule has 0 radical (unpaired) electrons. The Balaban J connectivity index is 2.85. The van der Waals surface area contributed by atoms with Crippen LogP contribution in [-0.4, -0.2) is 40.2 Å². The summed E-state index contributed by atoms with van der Waals surface area (Å²) in [5, 5.41) is 4.17. The zero-order valence-corrected chi connectivity index (χ0v) is 10.2. The molecule has 0 bridgehead atoms. The molecule has 0 unspecified atom stereocenters. The van der Waals surface area contributed by atoms with Gasteiger partial charge in [0.25, 0.3) is 5.91 Å². The zero-order valence-electron chi connectivity index (χ0n) is 10.2. The SMILES string of the molecule is CCCN(CCN)C(=O)c1cc(C)nn1C. The number of rotatable bonds is 5. The minimum atomic E-state index is 0.00963. The van der Waals surface area contributed by atoms with Crippen LogP contribution < -0.4 is 5.73 Å². The summed E-state index contributed by atoms with van der Waals surface area (Å²) in [6.45, 7) is 5.74. The third-order valence-electron chi connectivity index (χ3n) is 2.40. The van der Waals surface area contributed by atoms with Gasteiger partial charge in [-0.25, -0.2) is 0 Å². The molecule has 0 saturated carbocycles. The van der Waals surface area contributed by atoms with Gasteiger partial charge in [-0.1, -0.05) is 6.92 Å². The van der Waals surface area contributed by atoms with Crippen LogP contribution in [0.25, 0.3) is 0 Å². The maximum Gasteiger partial charge on any atom is 0.272 e. The van der Waals surface area contributed by atoms with E-state index in [1.807, 2.05) is 19.9 Å². The van der Waals surface area contributed by atoms with E-state index in [0.717, 1.165) is 18.7 Å².